The zero-order chi connectivity index (χ0) is 16.1. The molecular weight excluding hydrogens is 286 g/mol. The summed E-state index contributed by atoms with van der Waals surface area (Å²) >= 11 is 0. The van der Waals surface area contributed by atoms with Crippen molar-refractivity contribution in [3.63, 3.8) is 0 Å². The Balaban J connectivity index is 1.71. The van der Waals surface area contributed by atoms with Gasteiger partial charge in [0, 0.05) is 30.1 Å². The maximum Gasteiger partial charge on any atom is 0.248 e. The minimum Gasteiger partial charge on any atom is -0.384 e. The fraction of sp³-hybridized carbons (Fsp3) is 0.368. The number of rotatable bonds is 5. The van der Waals surface area contributed by atoms with Gasteiger partial charge in [0.2, 0.25) is 5.91 Å². The average molecular weight is 309 g/mol. The monoisotopic (exact) mass is 309 g/mol. The van der Waals surface area contributed by atoms with Gasteiger partial charge in [-0.3, -0.25) is 9.78 Å². The van der Waals surface area contributed by atoms with Crippen LogP contribution in [0, 0.1) is 5.92 Å². The predicted octanol–water partition coefficient (Wildman–Crippen LogP) is 3.84. The summed E-state index contributed by atoms with van der Waals surface area (Å²) < 4.78 is 0. The molecule has 0 radical (unpaired) electrons. The van der Waals surface area contributed by atoms with Crippen LogP contribution in [0.15, 0.2) is 42.7 Å². The number of carbonyl (C=O) groups excluding carboxylic acids is 1. The van der Waals surface area contributed by atoms with Crippen LogP contribution >= 0.6 is 0 Å². The van der Waals surface area contributed by atoms with Crippen LogP contribution in [0.2, 0.25) is 0 Å². The second-order valence-corrected chi connectivity index (χ2v) is 6.29. The highest BCUT2D eigenvalue weighted by Gasteiger charge is 2.13. The fourth-order valence-corrected chi connectivity index (χ4v) is 3.20. The second-order valence-electron chi connectivity index (χ2n) is 6.29. The van der Waals surface area contributed by atoms with Crippen LogP contribution in [0.4, 0.5) is 5.69 Å². The summed E-state index contributed by atoms with van der Waals surface area (Å²) in [6, 6.07) is 9.43. The third kappa shape index (κ3) is 4.09. The van der Waals surface area contributed by atoms with Crippen LogP contribution < -0.4 is 11.1 Å². The van der Waals surface area contributed by atoms with Crippen molar-refractivity contribution >= 4 is 11.6 Å². The molecule has 1 heterocycles. The normalized spacial score (nSPS) is 15.3. The van der Waals surface area contributed by atoms with E-state index in [2.05, 4.69) is 16.4 Å². The van der Waals surface area contributed by atoms with Crippen LogP contribution in [-0.2, 0) is 0 Å². The SMILES string of the molecule is NC(=O)c1cccc(-c2cncc(NCC3CCCCC3)c2)c1. The van der Waals surface area contributed by atoms with Crippen LogP contribution in [0.5, 0.6) is 0 Å². The van der Waals surface area contributed by atoms with Crippen molar-refractivity contribution in [2.75, 3.05) is 11.9 Å². The van der Waals surface area contributed by atoms with E-state index in [1.807, 2.05) is 30.6 Å². The molecule has 120 valence electrons. The summed E-state index contributed by atoms with van der Waals surface area (Å²) in [6.45, 7) is 1.01. The summed E-state index contributed by atoms with van der Waals surface area (Å²) in [7, 11) is 0. The lowest BCUT2D eigenvalue weighted by molar-refractivity contribution is 0.100. The van der Waals surface area contributed by atoms with E-state index in [-0.39, 0.29) is 0 Å². The van der Waals surface area contributed by atoms with Gasteiger partial charge in [-0.1, -0.05) is 31.4 Å². The van der Waals surface area contributed by atoms with Gasteiger partial charge in [-0.05, 0) is 42.5 Å². The molecule has 0 aliphatic heterocycles. The lowest BCUT2D eigenvalue weighted by atomic mass is 9.89. The molecular formula is C19H23N3O. The molecule has 3 rings (SSSR count). The minimum atomic E-state index is -0.411. The molecule has 1 aromatic carbocycles. The van der Waals surface area contributed by atoms with E-state index in [1.165, 1.54) is 32.1 Å². The topological polar surface area (TPSA) is 68.0 Å². The lowest BCUT2D eigenvalue weighted by Gasteiger charge is -2.22. The maximum absolute atomic E-state index is 11.3. The number of anilines is 1. The Labute approximate surface area is 137 Å². The van der Waals surface area contributed by atoms with Gasteiger partial charge in [0.15, 0.2) is 0 Å². The van der Waals surface area contributed by atoms with E-state index in [4.69, 9.17) is 5.73 Å². The molecule has 0 spiro atoms. The Hall–Kier alpha value is -2.36. The number of benzene rings is 1. The second kappa shape index (κ2) is 7.27. The number of hydrogen-bond acceptors (Lipinski definition) is 3. The van der Waals surface area contributed by atoms with Crippen LogP contribution in [0.1, 0.15) is 42.5 Å². The molecule has 1 aliphatic rings. The van der Waals surface area contributed by atoms with Crippen molar-refractivity contribution < 1.29 is 4.79 Å². The van der Waals surface area contributed by atoms with E-state index >= 15 is 0 Å². The van der Waals surface area contributed by atoms with Crippen molar-refractivity contribution in [1.29, 1.82) is 0 Å². The van der Waals surface area contributed by atoms with Crippen molar-refractivity contribution in [2.45, 2.75) is 32.1 Å². The first-order valence-corrected chi connectivity index (χ1v) is 8.31. The van der Waals surface area contributed by atoms with E-state index < -0.39 is 5.91 Å². The zero-order valence-corrected chi connectivity index (χ0v) is 13.3. The Morgan fingerprint density at radius 2 is 1.96 bits per heavy atom. The highest BCUT2D eigenvalue weighted by atomic mass is 16.1. The Morgan fingerprint density at radius 1 is 1.13 bits per heavy atom. The van der Waals surface area contributed by atoms with Gasteiger partial charge in [0.25, 0.3) is 0 Å². The summed E-state index contributed by atoms with van der Waals surface area (Å²) in [6.07, 6.45) is 10.4. The first-order valence-electron chi connectivity index (χ1n) is 8.31. The van der Waals surface area contributed by atoms with Gasteiger partial charge < -0.3 is 11.1 Å². The smallest absolute Gasteiger partial charge is 0.248 e. The Kier molecular flexibility index (Phi) is 4.91. The first-order chi connectivity index (χ1) is 11.2. The third-order valence-corrected chi connectivity index (χ3v) is 4.54. The number of nitrogens with two attached hydrogens (primary N) is 1. The van der Waals surface area contributed by atoms with E-state index in [0.29, 0.717) is 5.56 Å². The summed E-state index contributed by atoms with van der Waals surface area (Å²) in [5, 5.41) is 3.51. The zero-order valence-electron chi connectivity index (χ0n) is 13.3. The molecule has 1 saturated carbocycles. The first kappa shape index (κ1) is 15.5. The fourth-order valence-electron chi connectivity index (χ4n) is 3.20. The highest BCUT2D eigenvalue weighted by molar-refractivity contribution is 5.94. The molecule has 1 amide bonds. The summed E-state index contributed by atoms with van der Waals surface area (Å²) in [5.74, 6) is 0.358. The van der Waals surface area contributed by atoms with Gasteiger partial charge in [-0.25, -0.2) is 0 Å². The highest BCUT2D eigenvalue weighted by Crippen LogP contribution is 2.25. The molecule has 1 fully saturated rings. The third-order valence-electron chi connectivity index (χ3n) is 4.54. The van der Waals surface area contributed by atoms with Gasteiger partial charge in [-0.2, -0.15) is 0 Å². The number of primary amides is 1. The molecule has 1 aromatic heterocycles. The standard InChI is InChI=1S/C19H23N3O/c20-19(23)16-8-4-7-15(9-16)17-10-18(13-21-12-17)22-11-14-5-2-1-3-6-14/h4,7-10,12-14,22H,1-3,5-6,11H2,(H2,20,23). The number of nitrogens with zero attached hydrogens (tertiary/aromatic N) is 1. The minimum absolute atomic E-state index is 0.411. The van der Waals surface area contributed by atoms with E-state index in [9.17, 15) is 4.79 Å². The van der Waals surface area contributed by atoms with Crippen molar-refractivity contribution in [3.8, 4) is 11.1 Å². The number of pyridine rings is 1. The number of aromatic nitrogens is 1. The molecule has 23 heavy (non-hydrogen) atoms. The van der Waals surface area contributed by atoms with E-state index in [0.717, 1.165) is 29.3 Å². The van der Waals surface area contributed by atoms with Gasteiger partial charge in [0.05, 0.1) is 5.69 Å². The Morgan fingerprint density at radius 3 is 2.74 bits per heavy atom. The summed E-state index contributed by atoms with van der Waals surface area (Å²) in [5.41, 5.74) is 8.84. The number of carbonyl (C=O) groups is 1. The molecule has 0 atom stereocenters. The van der Waals surface area contributed by atoms with Crippen LogP contribution in [0.25, 0.3) is 11.1 Å². The van der Waals surface area contributed by atoms with E-state index in [1.54, 1.807) is 6.07 Å². The molecule has 0 saturated heterocycles. The van der Waals surface area contributed by atoms with Gasteiger partial charge in [0.1, 0.15) is 0 Å². The van der Waals surface area contributed by atoms with Crippen LogP contribution in [0.3, 0.4) is 0 Å². The average Bonchev–Trinajstić information content (AvgIpc) is 2.61. The lowest BCUT2D eigenvalue weighted by Crippen LogP contribution is -2.17. The summed E-state index contributed by atoms with van der Waals surface area (Å²) in [4.78, 5) is 15.6. The van der Waals surface area contributed by atoms with Crippen molar-refractivity contribution in [3.05, 3.63) is 48.3 Å². The molecule has 4 nitrogen and oxygen atoms in total. The molecule has 2 aromatic rings. The van der Waals surface area contributed by atoms with Crippen LogP contribution in [-0.4, -0.2) is 17.4 Å². The predicted molar refractivity (Wildman–Crippen MR) is 93.3 cm³/mol. The van der Waals surface area contributed by atoms with Crippen molar-refractivity contribution in [2.24, 2.45) is 11.7 Å². The molecule has 0 unspecified atom stereocenters. The quantitative estimate of drug-likeness (QED) is 0.881. The number of amides is 1. The number of nitrogens with one attached hydrogen (secondary N) is 1. The Bertz CT molecular complexity index is 678. The largest absolute Gasteiger partial charge is 0.384 e. The van der Waals surface area contributed by atoms with Gasteiger partial charge in [-0.15, -0.1) is 0 Å². The maximum atomic E-state index is 11.3. The molecule has 0 bridgehead atoms. The van der Waals surface area contributed by atoms with Gasteiger partial charge >= 0.3 is 0 Å². The van der Waals surface area contributed by atoms with Crippen molar-refractivity contribution in [1.82, 2.24) is 4.98 Å². The molecule has 4 heteroatoms. The molecule has 3 N–H and O–H groups in total. The molecule has 1 aliphatic carbocycles. The number of hydrogen-bond donors (Lipinski definition) is 2.